The van der Waals surface area contributed by atoms with Crippen molar-refractivity contribution in [3.05, 3.63) is 70.0 Å². The van der Waals surface area contributed by atoms with Gasteiger partial charge in [0, 0.05) is 62.3 Å². The second-order valence-electron chi connectivity index (χ2n) is 9.60. The summed E-state index contributed by atoms with van der Waals surface area (Å²) < 4.78 is 1.91. The number of nitrogens with one attached hydrogen (secondary N) is 1. The summed E-state index contributed by atoms with van der Waals surface area (Å²) in [6.45, 7) is 5.15. The number of carbonyl (C=O) groups excluding carboxylic acids is 1. The average Bonchev–Trinajstić information content (AvgIpc) is 3.20. The third-order valence-corrected chi connectivity index (χ3v) is 6.66. The highest BCUT2D eigenvalue weighted by atomic mass is 16.6. The Labute approximate surface area is 222 Å². The first-order valence-electron chi connectivity index (χ1n) is 12.5. The van der Waals surface area contributed by atoms with Crippen molar-refractivity contribution in [3.8, 4) is 11.3 Å². The van der Waals surface area contributed by atoms with Crippen LogP contribution in [0.2, 0.25) is 0 Å². The highest BCUT2D eigenvalue weighted by Gasteiger charge is 2.23. The van der Waals surface area contributed by atoms with E-state index in [0.717, 1.165) is 28.6 Å². The van der Waals surface area contributed by atoms with Crippen molar-refractivity contribution in [3.63, 3.8) is 0 Å². The Bertz CT molecular complexity index is 1510. The number of ketones is 1. The first-order valence-corrected chi connectivity index (χ1v) is 12.5. The van der Waals surface area contributed by atoms with Gasteiger partial charge in [-0.1, -0.05) is 25.1 Å². The van der Waals surface area contributed by atoms with Gasteiger partial charge in [-0.2, -0.15) is 0 Å². The van der Waals surface area contributed by atoms with Gasteiger partial charge in [0.05, 0.1) is 22.0 Å². The maximum Gasteiger partial charge on any atom is 0.294 e. The number of carbonyl (C=O) groups is 1. The smallest absolute Gasteiger partial charge is 0.294 e. The summed E-state index contributed by atoms with van der Waals surface area (Å²) in [5, 5.41) is 16.0. The second kappa shape index (κ2) is 11.0. The van der Waals surface area contributed by atoms with Gasteiger partial charge in [0.1, 0.15) is 5.69 Å². The Balaban J connectivity index is 1.75. The van der Waals surface area contributed by atoms with Crippen molar-refractivity contribution < 1.29 is 9.72 Å². The minimum atomic E-state index is -0.373. The molecule has 0 spiro atoms. The van der Waals surface area contributed by atoms with Crippen LogP contribution >= 0.6 is 0 Å². The number of fused-ring (bicyclic) bond motifs is 1. The highest BCUT2D eigenvalue weighted by Crippen LogP contribution is 2.36. The first-order chi connectivity index (χ1) is 18.1. The zero-order valence-electron chi connectivity index (χ0n) is 22.6. The zero-order valence-corrected chi connectivity index (χ0v) is 22.6. The van der Waals surface area contributed by atoms with Gasteiger partial charge in [-0.3, -0.25) is 14.9 Å². The second-order valence-corrected chi connectivity index (χ2v) is 9.60. The molecule has 198 valence electrons. The van der Waals surface area contributed by atoms with Gasteiger partial charge in [0.2, 0.25) is 5.95 Å². The molecule has 0 aliphatic rings. The summed E-state index contributed by atoms with van der Waals surface area (Å²) >= 11 is 0. The Morgan fingerprint density at radius 2 is 1.87 bits per heavy atom. The van der Waals surface area contributed by atoms with Crippen molar-refractivity contribution in [1.29, 1.82) is 0 Å². The summed E-state index contributed by atoms with van der Waals surface area (Å²) in [6, 6.07) is 12.9. The molecule has 0 radical (unpaired) electrons. The van der Waals surface area contributed by atoms with Gasteiger partial charge in [-0.05, 0) is 44.8 Å². The van der Waals surface area contributed by atoms with E-state index in [1.54, 1.807) is 12.3 Å². The van der Waals surface area contributed by atoms with Crippen LogP contribution in [0.5, 0.6) is 0 Å². The quantitative estimate of drug-likeness (QED) is 0.175. The molecule has 38 heavy (non-hydrogen) atoms. The van der Waals surface area contributed by atoms with E-state index in [4.69, 9.17) is 4.98 Å². The van der Waals surface area contributed by atoms with Gasteiger partial charge in [-0.25, -0.2) is 9.97 Å². The molecule has 0 atom stereocenters. The number of likely N-dealkylation sites (N-methyl/N-ethyl adjacent to an activating group) is 2. The number of anilines is 3. The maximum absolute atomic E-state index is 12.9. The van der Waals surface area contributed by atoms with E-state index in [1.807, 2.05) is 86.7 Å². The molecule has 0 unspecified atom stereocenters. The van der Waals surface area contributed by atoms with Crippen molar-refractivity contribution >= 4 is 39.7 Å². The molecule has 2 aromatic heterocycles. The minimum absolute atomic E-state index is 0.000364. The van der Waals surface area contributed by atoms with Crippen LogP contribution in [0.4, 0.5) is 23.0 Å². The number of hydrogen-bond donors (Lipinski definition) is 1. The molecule has 10 nitrogen and oxygen atoms in total. The van der Waals surface area contributed by atoms with E-state index >= 15 is 0 Å². The maximum atomic E-state index is 12.9. The lowest BCUT2D eigenvalue weighted by Gasteiger charge is -2.22. The predicted molar refractivity (Wildman–Crippen MR) is 152 cm³/mol. The number of nitro groups is 1. The normalized spacial score (nSPS) is 11.2. The lowest BCUT2D eigenvalue weighted by atomic mass is 10.0. The molecule has 0 saturated heterocycles. The summed E-state index contributed by atoms with van der Waals surface area (Å²) in [5.41, 5.74) is 4.80. The Hall–Kier alpha value is -4.31. The topological polar surface area (TPSA) is 109 Å². The first kappa shape index (κ1) is 26.7. The fraction of sp³-hybridized carbons (Fsp3) is 0.321. The minimum Gasteiger partial charge on any atom is -0.368 e. The van der Waals surface area contributed by atoms with E-state index in [-0.39, 0.29) is 22.3 Å². The van der Waals surface area contributed by atoms with Crippen LogP contribution in [0.25, 0.3) is 22.2 Å². The molecule has 0 aliphatic heterocycles. The fourth-order valence-corrected chi connectivity index (χ4v) is 4.56. The molecule has 4 aromatic rings. The molecule has 0 amide bonds. The lowest BCUT2D eigenvalue weighted by molar-refractivity contribution is -0.384. The Morgan fingerprint density at radius 1 is 1.13 bits per heavy atom. The monoisotopic (exact) mass is 515 g/mol. The van der Waals surface area contributed by atoms with E-state index < -0.39 is 0 Å². The van der Waals surface area contributed by atoms with Crippen LogP contribution < -0.4 is 10.2 Å². The Morgan fingerprint density at radius 3 is 2.55 bits per heavy atom. The highest BCUT2D eigenvalue weighted by molar-refractivity contribution is 6.10. The van der Waals surface area contributed by atoms with Crippen LogP contribution in [-0.4, -0.2) is 64.4 Å². The van der Waals surface area contributed by atoms with E-state index in [9.17, 15) is 14.9 Å². The van der Waals surface area contributed by atoms with Crippen molar-refractivity contribution in [2.24, 2.45) is 7.05 Å². The number of hydrogen-bond acceptors (Lipinski definition) is 8. The molecule has 2 heterocycles. The molecule has 1 N–H and O–H groups in total. The zero-order chi connectivity index (χ0) is 27.6. The van der Waals surface area contributed by atoms with Crippen molar-refractivity contribution in [1.82, 2.24) is 19.4 Å². The van der Waals surface area contributed by atoms with Gasteiger partial charge in [-0.15, -0.1) is 0 Å². The van der Waals surface area contributed by atoms with Crippen LogP contribution in [0.1, 0.15) is 29.4 Å². The standard InChI is InChI=1S/C28H33N7O3/c1-7-25(36)27-26(19-10-8-9-11-22(19)34(27)6)20-12-13-29-28(30-20)31-21-17-24(35(37)38)23(16-18(21)2)33(5)15-14-32(3)4/h8-13,16-17H,7,14-15H2,1-6H3,(H,29,30,31). The van der Waals surface area contributed by atoms with Gasteiger partial charge in [0.15, 0.2) is 5.78 Å². The van der Waals surface area contributed by atoms with Crippen molar-refractivity contribution in [2.75, 3.05) is 44.4 Å². The average molecular weight is 516 g/mol. The molecule has 4 rings (SSSR count). The number of nitro benzene ring substituents is 1. The molecular weight excluding hydrogens is 482 g/mol. The third kappa shape index (κ3) is 5.21. The number of aryl methyl sites for hydroxylation is 2. The van der Waals surface area contributed by atoms with Crippen molar-refractivity contribution in [2.45, 2.75) is 20.3 Å². The molecular formula is C28H33N7O3. The largest absolute Gasteiger partial charge is 0.368 e. The molecule has 0 saturated carbocycles. The Kier molecular flexibility index (Phi) is 7.72. The number of para-hydroxylation sites is 1. The van der Waals surface area contributed by atoms with Gasteiger partial charge < -0.3 is 19.7 Å². The molecule has 0 aliphatic carbocycles. The van der Waals surface area contributed by atoms with E-state index in [2.05, 4.69) is 10.3 Å². The number of benzene rings is 2. The molecule has 0 fully saturated rings. The summed E-state index contributed by atoms with van der Waals surface area (Å²) in [7, 11) is 7.67. The number of Topliss-reactive ketones (excluding diaryl/α,β-unsaturated/α-hetero) is 1. The van der Waals surface area contributed by atoms with Crippen LogP contribution in [0.15, 0.2) is 48.7 Å². The lowest BCUT2D eigenvalue weighted by Crippen LogP contribution is -2.29. The van der Waals surface area contributed by atoms with E-state index in [1.165, 1.54) is 6.07 Å². The fourth-order valence-electron chi connectivity index (χ4n) is 4.56. The molecule has 10 heteroatoms. The summed E-state index contributed by atoms with van der Waals surface area (Å²) in [5.74, 6) is 0.309. The van der Waals surface area contributed by atoms with Crippen LogP contribution in [0, 0.1) is 17.0 Å². The number of nitrogens with zero attached hydrogens (tertiary/aromatic N) is 6. The van der Waals surface area contributed by atoms with Crippen LogP contribution in [0.3, 0.4) is 0 Å². The molecule has 2 aromatic carbocycles. The van der Waals surface area contributed by atoms with E-state index in [0.29, 0.717) is 35.7 Å². The van der Waals surface area contributed by atoms with Gasteiger partial charge >= 0.3 is 0 Å². The summed E-state index contributed by atoms with van der Waals surface area (Å²) in [4.78, 5) is 37.5. The van der Waals surface area contributed by atoms with Crippen LogP contribution in [-0.2, 0) is 7.05 Å². The number of aromatic nitrogens is 3. The third-order valence-electron chi connectivity index (χ3n) is 6.66. The summed E-state index contributed by atoms with van der Waals surface area (Å²) in [6.07, 6.45) is 1.99. The SMILES string of the molecule is CCC(=O)c1c(-c2ccnc(Nc3cc([N+](=O)[O-])c(N(C)CCN(C)C)cc3C)n2)c2ccccc2n1C. The molecule has 0 bridgehead atoms. The number of rotatable bonds is 10. The van der Waals surface area contributed by atoms with Gasteiger partial charge in [0.25, 0.3) is 5.69 Å². The predicted octanol–water partition coefficient (Wildman–Crippen LogP) is 5.19.